The van der Waals surface area contributed by atoms with Crippen molar-refractivity contribution in [3.05, 3.63) is 0 Å². The molecule has 0 aliphatic heterocycles. The lowest BCUT2D eigenvalue weighted by atomic mass is 10.3. The molecule has 0 saturated heterocycles. The summed E-state index contributed by atoms with van der Waals surface area (Å²) in [7, 11) is -4.50. The second-order valence-electron chi connectivity index (χ2n) is 5.08. The first-order valence-electron chi connectivity index (χ1n) is 7.32. The number of nitrogens with one attached hydrogen (secondary N) is 2. The fraction of sp³-hybridized carbons (Fsp3) is 1.00. The Bertz CT molecular complexity index is 316. The summed E-state index contributed by atoms with van der Waals surface area (Å²) in [5.74, 6) is 0. The van der Waals surface area contributed by atoms with E-state index in [9.17, 15) is 4.57 Å². The van der Waals surface area contributed by atoms with E-state index in [0.29, 0.717) is 19.6 Å². The molecule has 9 nitrogen and oxygen atoms in total. The summed E-state index contributed by atoms with van der Waals surface area (Å²) in [6, 6.07) is 0.0389. The highest BCUT2D eigenvalue weighted by atomic mass is 31.2. The third-order valence-corrected chi connectivity index (χ3v) is 3.38. The van der Waals surface area contributed by atoms with Gasteiger partial charge in [0.25, 0.3) is 0 Å². The van der Waals surface area contributed by atoms with Gasteiger partial charge in [-0.25, -0.2) is 4.57 Å². The first-order chi connectivity index (χ1) is 10.3. The molecule has 3 atom stereocenters. The van der Waals surface area contributed by atoms with Gasteiger partial charge in [0.1, 0.15) is 6.23 Å². The molecule has 0 aromatic carbocycles. The summed E-state index contributed by atoms with van der Waals surface area (Å²) < 4.78 is 20.7. The molecular weight excluding hydrogens is 315 g/mol. The van der Waals surface area contributed by atoms with Crippen molar-refractivity contribution in [2.45, 2.75) is 45.1 Å². The van der Waals surface area contributed by atoms with Crippen molar-refractivity contribution in [1.29, 1.82) is 0 Å². The second-order valence-corrected chi connectivity index (χ2v) is 6.27. The van der Waals surface area contributed by atoms with Crippen molar-refractivity contribution in [3.8, 4) is 0 Å². The van der Waals surface area contributed by atoms with Gasteiger partial charge in [0, 0.05) is 32.2 Å². The summed E-state index contributed by atoms with van der Waals surface area (Å²) in [6.07, 6.45) is 0.00627. The molecule has 0 amide bonds. The van der Waals surface area contributed by atoms with Crippen LogP contribution < -0.4 is 10.6 Å². The average Bonchev–Trinajstić information content (AvgIpc) is 2.42. The van der Waals surface area contributed by atoms with Crippen LogP contribution in [0.25, 0.3) is 0 Å². The molecule has 0 aliphatic carbocycles. The molecule has 6 N–H and O–H groups in total. The normalized spacial score (nSPS) is 16.5. The third-order valence-electron chi connectivity index (χ3n) is 2.75. The van der Waals surface area contributed by atoms with Gasteiger partial charge in [-0.1, -0.05) is 0 Å². The van der Waals surface area contributed by atoms with Crippen molar-refractivity contribution >= 4 is 7.82 Å². The molecule has 0 saturated carbocycles. The monoisotopic (exact) mass is 344 g/mol. The highest BCUT2D eigenvalue weighted by Gasteiger charge is 2.19. The Labute approximate surface area is 131 Å². The standard InChI is InChI=1S/C12H29N2O7P/c1-10(9-16)13-5-3-7-20-12(4-6-15)14-8-11(2)21-22(17,18)19/h10-16H,3-9H2,1-2H3,(H2,17,18,19). The summed E-state index contributed by atoms with van der Waals surface area (Å²) >= 11 is 0. The van der Waals surface area contributed by atoms with E-state index in [2.05, 4.69) is 15.2 Å². The molecule has 22 heavy (non-hydrogen) atoms. The topological polar surface area (TPSA) is 141 Å². The quantitative estimate of drug-likeness (QED) is 0.135. The van der Waals surface area contributed by atoms with Crippen molar-refractivity contribution < 1.29 is 33.8 Å². The molecule has 0 radical (unpaired) electrons. The minimum absolute atomic E-state index is 0.0389. The Morgan fingerprint density at radius 1 is 1.18 bits per heavy atom. The Morgan fingerprint density at radius 2 is 1.86 bits per heavy atom. The Morgan fingerprint density at radius 3 is 2.41 bits per heavy atom. The lowest BCUT2D eigenvalue weighted by Crippen LogP contribution is -2.38. The van der Waals surface area contributed by atoms with Crippen molar-refractivity contribution in [1.82, 2.24) is 10.6 Å². The third kappa shape index (κ3) is 13.6. The van der Waals surface area contributed by atoms with E-state index in [1.165, 1.54) is 6.92 Å². The highest BCUT2D eigenvalue weighted by Crippen LogP contribution is 2.37. The Hall–Kier alpha value is -0.0900. The maximum atomic E-state index is 10.7. The SMILES string of the molecule is CC(CO)NCCCOC(CCO)NCC(C)OP(=O)(O)O. The molecule has 0 aromatic rings. The van der Waals surface area contributed by atoms with Gasteiger partial charge in [0.15, 0.2) is 0 Å². The lowest BCUT2D eigenvalue weighted by molar-refractivity contribution is 0.00511. The summed E-state index contributed by atoms with van der Waals surface area (Å²) in [4.78, 5) is 17.4. The van der Waals surface area contributed by atoms with Gasteiger partial charge in [0.2, 0.25) is 0 Å². The van der Waals surface area contributed by atoms with Crippen LogP contribution in [0.4, 0.5) is 0 Å². The van der Waals surface area contributed by atoms with Gasteiger partial charge in [-0.15, -0.1) is 0 Å². The predicted molar refractivity (Wildman–Crippen MR) is 81.2 cm³/mol. The van der Waals surface area contributed by atoms with Crippen LogP contribution in [0.2, 0.25) is 0 Å². The first kappa shape index (κ1) is 21.9. The van der Waals surface area contributed by atoms with E-state index in [-0.39, 0.29) is 25.8 Å². The van der Waals surface area contributed by atoms with Crippen molar-refractivity contribution in [2.24, 2.45) is 0 Å². The molecule has 134 valence electrons. The fourth-order valence-electron chi connectivity index (χ4n) is 1.64. The predicted octanol–water partition coefficient (Wildman–Crippen LogP) is -0.841. The van der Waals surface area contributed by atoms with Crippen LogP contribution in [0.15, 0.2) is 0 Å². The minimum atomic E-state index is -4.50. The van der Waals surface area contributed by atoms with Crippen LogP contribution in [0, 0.1) is 0 Å². The van der Waals surface area contributed by atoms with Crippen LogP contribution >= 0.6 is 7.82 Å². The molecule has 10 heteroatoms. The second kappa shape index (κ2) is 12.3. The van der Waals surface area contributed by atoms with Gasteiger partial charge in [-0.3, -0.25) is 9.84 Å². The average molecular weight is 344 g/mol. The number of phosphoric acid groups is 1. The molecule has 0 aromatic heterocycles. The summed E-state index contributed by atoms with van der Waals surface area (Å²) in [5.41, 5.74) is 0. The minimum Gasteiger partial charge on any atom is -0.396 e. The van der Waals surface area contributed by atoms with Crippen molar-refractivity contribution in [2.75, 3.05) is 32.9 Å². The van der Waals surface area contributed by atoms with Gasteiger partial charge in [0.05, 0.1) is 12.7 Å². The van der Waals surface area contributed by atoms with E-state index in [4.69, 9.17) is 24.7 Å². The van der Waals surface area contributed by atoms with E-state index in [1.54, 1.807) is 0 Å². The molecular formula is C12H29N2O7P. The smallest absolute Gasteiger partial charge is 0.396 e. The number of rotatable bonds is 14. The fourth-order valence-corrected chi connectivity index (χ4v) is 2.18. The van der Waals surface area contributed by atoms with E-state index in [1.807, 2.05) is 6.92 Å². The van der Waals surface area contributed by atoms with Gasteiger partial charge in [-0.05, 0) is 26.8 Å². The van der Waals surface area contributed by atoms with Gasteiger partial charge in [-0.2, -0.15) is 0 Å². The van der Waals surface area contributed by atoms with Crippen LogP contribution in [-0.4, -0.2) is 71.3 Å². The lowest BCUT2D eigenvalue weighted by Gasteiger charge is -2.21. The van der Waals surface area contributed by atoms with Crippen LogP contribution in [0.3, 0.4) is 0 Å². The Kier molecular flexibility index (Phi) is 12.3. The van der Waals surface area contributed by atoms with Gasteiger partial charge < -0.3 is 30.1 Å². The van der Waals surface area contributed by atoms with E-state index < -0.39 is 20.2 Å². The molecule has 0 bridgehead atoms. The van der Waals surface area contributed by atoms with Crippen LogP contribution in [-0.2, 0) is 13.8 Å². The first-order valence-corrected chi connectivity index (χ1v) is 8.85. The van der Waals surface area contributed by atoms with Gasteiger partial charge >= 0.3 is 7.82 Å². The number of aliphatic hydroxyl groups is 2. The number of hydrogen-bond donors (Lipinski definition) is 6. The zero-order chi connectivity index (χ0) is 17.0. The molecule has 3 unspecified atom stereocenters. The molecule has 0 aliphatic rings. The number of ether oxygens (including phenoxy) is 1. The molecule has 0 rings (SSSR count). The maximum absolute atomic E-state index is 10.7. The summed E-state index contributed by atoms with van der Waals surface area (Å²) in [6.45, 7) is 4.76. The number of hydrogen-bond acceptors (Lipinski definition) is 7. The summed E-state index contributed by atoms with van der Waals surface area (Å²) in [5, 5.41) is 23.9. The zero-order valence-electron chi connectivity index (χ0n) is 13.1. The largest absolute Gasteiger partial charge is 0.469 e. The highest BCUT2D eigenvalue weighted by molar-refractivity contribution is 7.46. The molecule has 0 heterocycles. The van der Waals surface area contributed by atoms with E-state index >= 15 is 0 Å². The maximum Gasteiger partial charge on any atom is 0.469 e. The van der Waals surface area contributed by atoms with E-state index in [0.717, 1.165) is 6.42 Å². The number of aliphatic hydroxyl groups excluding tert-OH is 2. The molecule has 0 fully saturated rings. The zero-order valence-corrected chi connectivity index (χ0v) is 14.0. The Balaban J connectivity index is 3.88. The van der Waals surface area contributed by atoms with Crippen molar-refractivity contribution in [3.63, 3.8) is 0 Å². The van der Waals surface area contributed by atoms with Crippen LogP contribution in [0.5, 0.6) is 0 Å². The molecule has 0 spiro atoms. The van der Waals surface area contributed by atoms with Crippen LogP contribution in [0.1, 0.15) is 26.7 Å². The number of phosphoric ester groups is 1.